The zero-order valence-electron chi connectivity index (χ0n) is 6.47. The Hall–Kier alpha value is -0.690. The van der Waals surface area contributed by atoms with Gasteiger partial charge < -0.3 is 0 Å². The summed E-state index contributed by atoms with van der Waals surface area (Å²) in [4.78, 5) is 4.01. The number of nitrogens with zero attached hydrogens (tertiary/aromatic N) is 1. The average Bonchev–Trinajstić information content (AvgIpc) is 2.46. The second-order valence-corrected chi connectivity index (χ2v) is 3.28. The lowest BCUT2D eigenvalue weighted by Crippen LogP contribution is -2.19. The molecule has 0 spiro atoms. The minimum absolute atomic E-state index is 0. The van der Waals surface area contributed by atoms with Crippen molar-refractivity contribution in [3.05, 3.63) is 34.8 Å². The van der Waals surface area contributed by atoms with Gasteiger partial charge in [0.05, 0.1) is 5.36 Å². The molecule has 5 heteroatoms. The van der Waals surface area contributed by atoms with Gasteiger partial charge in [0.1, 0.15) is 0 Å². The first-order valence-electron chi connectivity index (χ1n) is 3.39. The maximum atomic E-state index is 10.5. The van der Waals surface area contributed by atoms with Crippen LogP contribution in [0, 0.1) is 0 Å². The molecule has 0 atom stereocenters. The molecular weight excluding hydrogens is 301 g/mol. The molecule has 0 saturated carbocycles. The third-order valence-corrected chi connectivity index (χ3v) is 2.17. The molecule has 0 unspecified atom stereocenters. The molecule has 0 fully saturated rings. The molecule has 0 aromatic heterocycles. The smallest absolute Gasteiger partial charge is 0.232 e. The van der Waals surface area contributed by atoms with Crippen LogP contribution in [0.3, 0.4) is 0 Å². The van der Waals surface area contributed by atoms with Crippen molar-refractivity contribution in [2.45, 2.75) is 0 Å². The van der Waals surface area contributed by atoms with Crippen LogP contribution in [0.1, 0.15) is 0 Å². The molecule has 1 aromatic carbocycles. The minimum Gasteiger partial charge on any atom is -0.232 e. The first kappa shape index (κ1) is 10.4. The van der Waals surface area contributed by atoms with Gasteiger partial charge in [-0.25, -0.2) is 4.99 Å². The number of hydrogen-bond donors (Lipinski definition) is 0. The van der Waals surface area contributed by atoms with Crippen molar-refractivity contribution < 1.29 is 8.42 Å². The molecule has 1 heterocycles. The van der Waals surface area contributed by atoms with E-state index >= 15 is 0 Å². The second kappa shape index (κ2) is 4.01. The highest BCUT2D eigenvalue weighted by Crippen LogP contribution is 1.84. The number of halogens is 1. The molecule has 0 aliphatic carbocycles. The van der Waals surface area contributed by atoms with Gasteiger partial charge >= 0.3 is 0 Å². The number of fused-ring (bicyclic) bond motifs is 1. The molecule has 0 radical (unpaired) electrons. The fourth-order valence-corrected chi connectivity index (χ4v) is 1.48. The van der Waals surface area contributed by atoms with Crippen LogP contribution >= 0.6 is 24.0 Å². The van der Waals surface area contributed by atoms with Crippen LogP contribution in [0.15, 0.2) is 29.3 Å². The predicted molar refractivity (Wildman–Crippen MR) is 61.0 cm³/mol. The van der Waals surface area contributed by atoms with E-state index in [0.29, 0.717) is 0 Å². The van der Waals surface area contributed by atoms with Gasteiger partial charge in [-0.3, -0.25) is 0 Å². The van der Waals surface area contributed by atoms with Crippen molar-refractivity contribution in [1.29, 1.82) is 0 Å². The Labute approximate surface area is 93.4 Å². The zero-order valence-corrected chi connectivity index (χ0v) is 9.61. The first-order valence-corrected chi connectivity index (χ1v) is 4.46. The Morgan fingerprint density at radius 3 is 2.46 bits per heavy atom. The van der Waals surface area contributed by atoms with Crippen LogP contribution in [-0.4, -0.2) is 13.4 Å². The Morgan fingerprint density at radius 2 is 1.85 bits per heavy atom. The van der Waals surface area contributed by atoms with Crippen molar-refractivity contribution in [1.82, 2.24) is 0 Å². The van der Waals surface area contributed by atoms with Gasteiger partial charge in [-0.1, -0.05) is 18.2 Å². The fourth-order valence-electron chi connectivity index (χ4n) is 1.08. The van der Waals surface area contributed by atoms with Gasteiger partial charge in [0, 0.05) is 5.22 Å². The molecule has 0 amide bonds. The van der Waals surface area contributed by atoms with E-state index in [1.807, 2.05) is 18.2 Å². The van der Waals surface area contributed by atoms with Gasteiger partial charge in [-0.15, -0.1) is 24.0 Å². The fraction of sp³-hybridized carbons (Fsp3) is 0. The molecule has 0 bridgehead atoms. The normalized spacial score (nSPS) is 12.2. The third kappa shape index (κ3) is 1.97. The van der Waals surface area contributed by atoms with Crippen molar-refractivity contribution in [2.75, 3.05) is 0 Å². The highest BCUT2D eigenvalue weighted by molar-refractivity contribution is 14.0. The Morgan fingerprint density at radius 1 is 1.15 bits per heavy atom. The molecule has 0 N–H and O–H groups in total. The van der Waals surface area contributed by atoms with E-state index in [1.54, 1.807) is 12.1 Å². The quantitative estimate of drug-likeness (QED) is 0.489. The van der Waals surface area contributed by atoms with Crippen molar-refractivity contribution in [3.8, 4) is 0 Å². The Balaban J connectivity index is 0.000000845. The van der Waals surface area contributed by atoms with E-state index < -0.39 is 10.3 Å². The number of para-hydroxylation sites is 1. The summed E-state index contributed by atoms with van der Waals surface area (Å²) in [5.74, 6) is 0. The summed E-state index contributed by atoms with van der Waals surface area (Å²) in [6.07, 6.45) is 1.55. The maximum Gasteiger partial charge on any atom is 0.240 e. The van der Waals surface area contributed by atoms with Gasteiger partial charge in [-0.05, 0) is 12.1 Å². The summed E-state index contributed by atoms with van der Waals surface area (Å²) < 4.78 is 21.0. The largest absolute Gasteiger partial charge is 0.240 e. The second-order valence-electron chi connectivity index (χ2n) is 2.39. The van der Waals surface area contributed by atoms with Crippen LogP contribution in [0.4, 0.5) is 0 Å². The lowest BCUT2D eigenvalue weighted by molar-refractivity contribution is 0.627. The van der Waals surface area contributed by atoms with Crippen molar-refractivity contribution in [2.24, 2.45) is 4.99 Å². The summed E-state index contributed by atoms with van der Waals surface area (Å²) >= 11 is 0. The van der Waals surface area contributed by atoms with E-state index in [-0.39, 0.29) is 29.0 Å². The monoisotopic (exact) mass is 307 g/mol. The summed E-state index contributed by atoms with van der Waals surface area (Å²) in [7, 11) is -2.22. The van der Waals surface area contributed by atoms with Gasteiger partial charge in [0.2, 0.25) is 10.3 Å². The average molecular weight is 307 g/mol. The number of rotatable bonds is 0. The van der Waals surface area contributed by atoms with E-state index in [9.17, 15) is 8.42 Å². The van der Waals surface area contributed by atoms with Gasteiger partial charge in [0.25, 0.3) is 0 Å². The van der Waals surface area contributed by atoms with Crippen LogP contribution in [0.5, 0.6) is 0 Å². The van der Waals surface area contributed by atoms with Crippen LogP contribution in [-0.2, 0) is 10.3 Å². The maximum absolute atomic E-state index is 10.5. The molecule has 2 rings (SSSR count). The molecule has 0 saturated heterocycles. The van der Waals surface area contributed by atoms with Crippen LogP contribution in [0.2, 0.25) is 0 Å². The summed E-state index contributed by atoms with van der Waals surface area (Å²) in [5, 5.41) is 1.58. The predicted octanol–water partition coefficient (Wildman–Crippen LogP) is -0.273. The molecule has 1 aromatic rings. The Bertz CT molecular complexity index is 529. The Kier molecular flexibility index (Phi) is 3.21. The van der Waals surface area contributed by atoms with Crippen molar-refractivity contribution in [3.63, 3.8) is 0 Å². The topological polar surface area (TPSA) is 46.5 Å². The van der Waals surface area contributed by atoms with Gasteiger partial charge in [0.15, 0.2) is 4.99 Å². The van der Waals surface area contributed by atoms with E-state index in [2.05, 4.69) is 4.99 Å². The minimum atomic E-state index is -2.22. The summed E-state index contributed by atoms with van der Waals surface area (Å²) in [5.41, 5.74) is 0. The standard InChI is InChI=1S/C8H5NO2S.HI/c10-12(11)8-5-6-3-1-2-4-7(6)9-8;/h1-5H;1H. The van der Waals surface area contributed by atoms with Gasteiger partial charge in [-0.2, -0.15) is 8.42 Å². The SMILES string of the molecule is I.O=S(=O)=C1C=c2ccccc2=N1. The summed E-state index contributed by atoms with van der Waals surface area (Å²) in [6, 6.07) is 7.29. The molecule has 1 aliphatic heterocycles. The van der Waals surface area contributed by atoms with Crippen LogP contribution < -0.4 is 10.6 Å². The highest BCUT2D eigenvalue weighted by Gasteiger charge is 2.00. The molecule has 3 nitrogen and oxygen atoms in total. The highest BCUT2D eigenvalue weighted by atomic mass is 127. The number of hydrogen-bond acceptors (Lipinski definition) is 2. The lowest BCUT2D eigenvalue weighted by Gasteiger charge is -1.77. The molecule has 68 valence electrons. The molecular formula is C8H6INO2S. The third-order valence-electron chi connectivity index (χ3n) is 1.62. The number of benzene rings is 1. The lowest BCUT2D eigenvalue weighted by atomic mass is 10.3. The van der Waals surface area contributed by atoms with Crippen LogP contribution in [0.25, 0.3) is 6.08 Å². The van der Waals surface area contributed by atoms with E-state index in [0.717, 1.165) is 10.6 Å². The van der Waals surface area contributed by atoms with Crippen molar-refractivity contribution >= 4 is 45.3 Å². The summed E-state index contributed by atoms with van der Waals surface area (Å²) in [6.45, 7) is 0. The molecule has 1 aliphatic rings. The molecule has 13 heavy (non-hydrogen) atoms. The first-order chi connectivity index (χ1) is 5.77. The van der Waals surface area contributed by atoms with E-state index in [1.165, 1.54) is 0 Å². The van der Waals surface area contributed by atoms with E-state index in [4.69, 9.17) is 0 Å². The zero-order chi connectivity index (χ0) is 8.55.